The molecule has 1 heterocycles. The highest BCUT2D eigenvalue weighted by Crippen LogP contribution is 2.30. The van der Waals surface area contributed by atoms with Gasteiger partial charge in [0, 0.05) is 18.2 Å². The highest BCUT2D eigenvalue weighted by molar-refractivity contribution is 6.34. The number of hydrogen-bond donors (Lipinski definition) is 2. The number of rotatable bonds is 5. The minimum absolute atomic E-state index is 0.0194. The van der Waals surface area contributed by atoms with E-state index in [9.17, 15) is 29.1 Å². The summed E-state index contributed by atoms with van der Waals surface area (Å²) < 4.78 is 4.96. The molecule has 0 aromatic heterocycles. The third-order valence-electron chi connectivity index (χ3n) is 5.24. The zero-order valence-corrected chi connectivity index (χ0v) is 18.1. The smallest absolute Gasteiger partial charge is 0.335 e. The highest BCUT2D eigenvalue weighted by Gasteiger charge is 2.37. The molecule has 3 aromatic carbocycles. The number of imide groups is 1. The second-order valence-electron chi connectivity index (χ2n) is 7.58. The number of anilines is 2. The molecule has 0 spiro atoms. The molecular weight excluding hydrogens is 440 g/mol. The molecule has 1 aliphatic rings. The Morgan fingerprint density at radius 1 is 0.853 bits per heavy atom. The molecule has 170 valence electrons. The monoisotopic (exact) mass is 458 g/mol. The molecule has 0 saturated carbocycles. The molecular formula is C25H18N2O7. The molecule has 9 heteroatoms. The third-order valence-corrected chi connectivity index (χ3v) is 5.24. The van der Waals surface area contributed by atoms with Crippen molar-refractivity contribution in [2.45, 2.75) is 13.8 Å². The van der Waals surface area contributed by atoms with E-state index in [-0.39, 0.29) is 33.7 Å². The minimum atomic E-state index is -1.13. The largest absolute Gasteiger partial charge is 0.478 e. The number of aromatic carboxylic acids is 1. The number of nitrogens with zero attached hydrogens (tertiary/aromatic N) is 1. The van der Waals surface area contributed by atoms with Gasteiger partial charge in [-0.15, -0.1) is 0 Å². The molecule has 0 radical (unpaired) electrons. The van der Waals surface area contributed by atoms with Gasteiger partial charge >= 0.3 is 11.9 Å². The summed E-state index contributed by atoms with van der Waals surface area (Å²) in [4.78, 5) is 61.9. The fourth-order valence-electron chi connectivity index (χ4n) is 3.53. The number of aryl methyl sites for hydroxylation is 1. The number of amides is 3. The van der Waals surface area contributed by atoms with Crippen LogP contribution >= 0.6 is 0 Å². The SMILES string of the molecule is CC(=O)Oc1ccc(N2C(=O)c3ccc(C(=O)Nc4cc(C(=O)O)ccc4C)cc3C2=O)cc1. The molecule has 34 heavy (non-hydrogen) atoms. The predicted molar refractivity (Wildman–Crippen MR) is 121 cm³/mol. The summed E-state index contributed by atoms with van der Waals surface area (Å²) in [6.45, 7) is 2.98. The molecule has 0 aliphatic carbocycles. The standard InChI is InChI=1S/C25H18N2O7/c1-13-3-4-16(25(32)33)12-21(13)26-22(29)15-5-10-19-20(11-15)24(31)27(23(19)30)17-6-8-18(9-7-17)34-14(2)28/h3-12H,1-2H3,(H,26,29)(H,32,33). The number of benzene rings is 3. The van der Waals surface area contributed by atoms with Crippen LogP contribution in [0.5, 0.6) is 5.75 Å². The fraction of sp³-hybridized carbons (Fsp3) is 0.0800. The molecule has 2 N–H and O–H groups in total. The number of fused-ring (bicyclic) bond motifs is 1. The van der Waals surface area contributed by atoms with E-state index in [1.807, 2.05) is 0 Å². The first-order chi connectivity index (χ1) is 16.2. The lowest BCUT2D eigenvalue weighted by molar-refractivity contribution is -0.131. The van der Waals surface area contributed by atoms with E-state index in [0.717, 1.165) is 4.90 Å². The molecule has 0 fully saturated rings. The lowest BCUT2D eigenvalue weighted by Gasteiger charge is -2.14. The average Bonchev–Trinajstić information content (AvgIpc) is 3.05. The van der Waals surface area contributed by atoms with Crippen molar-refractivity contribution in [3.8, 4) is 5.75 Å². The van der Waals surface area contributed by atoms with E-state index in [1.54, 1.807) is 13.0 Å². The van der Waals surface area contributed by atoms with Gasteiger partial charge < -0.3 is 15.2 Å². The molecule has 3 aromatic rings. The zero-order chi connectivity index (χ0) is 24.6. The van der Waals surface area contributed by atoms with E-state index >= 15 is 0 Å². The van der Waals surface area contributed by atoms with Crippen molar-refractivity contribution in [2.24, 2.45) is 0 Å². The summed E-state index contributed by atoms with van der Waals surface area (Å²) >= 11 is 0. The van der Waals surface area contributed by atoms with Crippen LogP contribution in [0.4, 0.5) is 11.4 Å². The molecule has 3 amide bonds. The van der Waals surface area contributed by atoms with E-state index in [2.05, 4.69) is 5.32 Å². The number of ether oxygens (including phenoxy) is 1. The number of carboxylic acids is 1. The van der Waals surface area contributed by atoms with Crippen LogP contribution in [0.2, 0.25) is 0 Å². The molecule has 1 aliphatic heterocycles. The molecule has 0 bridgehead atoms. The lowest BCUT2D eigenvalue weighted by Crippen LogP contribution is -2.29. The van der Waals surface area contributed by atoms with Crippen LogP contribution in [0.1, 0.15) is 53.9 Å². The Kier molecular flexibility index (Phi) is 5.68. The first kappa shape index (κ1) is 22.4. The van der Waals surface area contributed by atoms with Crippen LogP contribution in [0, 0.1) is 6.92 Å². The van der Waals surface area contributed by atoms with Gasteiger partial charge in [0.15, 0.2) is 0 Å². The van der Waals surface area contributed by atoms with Gasteiger partial charge in [0.1, 0.15) is 5.75 Å². The Morgan fingerprint density at radius 2 is 1.50 bits per heavy atom. The Labute approximate surface area is 193 Å². The van der Waals surface area contributed by atoms with Gasteiger partial charge in [-0.1, -0.05) is 6.07 Å². The summed E-state index contributed by atoms with van der Waals surface area (Å²) in [5.74, 6) is -3.05. The zero-order valence-electron chi connectivity index (χ0n) is 18.1. The summed E-state index contributed by atoms with van der Waals surface area (Å²) in [6.07, 6.45) is 0. The Morgan fingerprint density at radius 3 is 2.15 bits per heavy atom. The highest BCUT2D eigenvalue weighted by atomic mass is 16.5. The van der Waals surface area contributed by atoms with Gasteiger partial charge in [0.05, 0.1) is 22.4 Å². The minimum Gasteiger partial charge on any atom is -0.478 e. The van der Waals surface area contributed by atoms with Crippen molar-refractivity contribution in [3.63, 3.8) is 0 Å². The summed E-state index contributed by atoms with van der Waals surface area (Å²) in [5.41, 5.74) is 1.64. The van der Waals surface area contributed by atoms with Crippen LogP contribution < -0.4 is 15.0 Å². The molecule has 4 rings (SSSR count). The van der Waals surface area contributed by atoms with E-state index < -0.39 is 29.7 Å². The van der Waals surface area contributed by atoms with Crippen LogP contribution in [-0.4, -0.2) is 34.8 Å². The topological polar surface area (TPSA) is 130 Å². The summed E-state index contributed by atoms with van der Waals surface area (Å²) in [5, 5.41) is 11.8. The average molecular weight is 458 g/mol. The molecule has 9 nitrogen and oxygen atoms in total. The van der Waals surface area contributed by atoms with Crippen molar-refractivity contribution in [3.05, 3.63) is 88.5 Å². The van der Waals surface area contributed by atoms with Gasteiger partial charge in [0.25, 0.3) is 17.7 Å². The summed E-state index contributed by atoms with van der Waals surface area (Å²) in [7, 11) is 0. The van der Waals surface area contributed by atoms with Crippen LogP contribution in [0.3, 0.4) is 0 Å². The second-order valence-corrected chi connectivity index (χ2v) is 7.58. The Balaban J connectivity index is 1.59. The fourth-order valence-corrected chi connectivity index (χ4v) is 3.53. The van der Waals surface area contributed by atoms with Crippen LogP contribution in [-0.2, 0) is 4.79 Å². The maximum Gasteiger partial charge on any atom is 0.335 e. The normalized spacial score (nSPS) is 12.4. The Bertz CT molecular complexity index is 1380. The van der Waals surface area contributed by atoms with Crippen molar-refractivity contribution in [1.82, 2.24) is 0 Å². The molecule has 0 atom stereocenters. The number of nitrogens with one attached hydrogen (secondary N) is 1. The van der Waals surface area contributed by atoms with Crippen molar-refractivity contribution < 1.29 is 33.8 Å². The Hall–Kier alpha value is -4.79. The second kappa shape index (κ2) is 8.62. The first-order valence-electron chi connectivity index (χ1n) is 10.1. The number of hydrogen-bond acceptors (Lipinski definition) is 6. The first-order valence-corrected chi connectivity index (χ1v) is 10.1. The number of carbonyl (C=O) groups excluding carboxylic acids is 4. The number of carboxylic acid groups (broad SMARTS) is 1. The summed E-state index contributed by atoms with van der Waals surface area (Å²) in [6, 6.07) is 14.4. The van der Waals surface area contributed by atoms with Gasteiger partial charge in [-0.3, -0.25) is 19.2 Å². The maximum atomic E-state index is 13.0. The predicted octanol–water partition coefficient (Wildman–Crippen LogP) is 3.67. The third kappa shape index (κ3) is 4.14. The van der Waals surface area contributed by atoms with Gasteiger partial charge in [-0.25, -0.2) is 9.69 Å². The number of carbonyl (C=O) groups is 5. The van der Waals surface area contributed by atoms with Crippen LogP contribution in [0.25, 0.3) is 0 Å². The van der Waals surface area contributed by atoms with Crippen LogP contribution in [0.15, 0.2) is 60.7 Å². The van der Waals surface area contributed by atoms with Crippen molar-refractivity contribution in [1.29, 1.82) is 0 Å². The van der Waals surface area contributed by atoms with E-state index in [0.29, 0.717) is 11.3 Å². The quantitative estimate of drug-likeness (QED) is 0.339. The molecule has 0 unspecified atom stereocenters. The van der Waals surface area contributed by atoms with Crippen molar-refractivity contribution >= 4 is 41.0 Å². The van der Waals surface area contributed by atoms with Crippen molar-refractivity contribution in [2.75, 3.05) is 10.2 Å². The molecule has 0 saturated heterocycles. The number of esters is 1. The van der Waals surface area contributed by atoms with Gasteiger partial charge in [-0.2, -0.15) is 0 Å². The van der Waals surface area contributed by atoms with Gasteiger partial charge in [0.2, 0.25) is 0 Å². The van der Waals surface area contributed by atoms with E-state index in [1.165, 1.54) is 61.5 Å². The van der Waals surface area contributed by atoms with E-state index in [4.69, 9.17) is 4.74 Å². The maximum absolute atomic E-state index is 13.0. The lowest BCUT2D eigenvalue weighted by atomic mass is 10.0. The van der Waals surface area contributed by atoms with Gasteiger partial charge in [-0.05, 0) is 67.1 Å².